The number of Topliss-reactive ketones (excluding diaryl/α,β-unsaturated/α-hetero) is 1. The monoisotopic (exact) mass is 421 g/mol. The van der Waals surface area contributed by atoms with Gasteiger partial charge in [-0.05, 0) is 44.7 Å². The lowest BCUT2D eigenvalue weighted by Gasteiger charge is -2.27. The smallest absolute Gasteiger partial charge is 0.290 e. The summed E-state index contributed by atoms with van der Waals surface area (Å²) in [5.74, 6) is -1.10. The van der Waals surface area contributed by atoms with E-state index in [4.69, 9.17) is 4.74 Å². The van der Waals surface area contributed by atoms with Crippen molar-refractivity contribution >= 4 is 11.7 Å². The molecule has 1 amide bonds. The normalized spacial score (nSPS) is 16.5. The SMILES string of the molecule is Cc1cccc(C2C(C(=O)CCc3ccccc3)=C(O)C(=O)N2CCCOC(C)C)c1. The number of aryl methyl sites for hydroxylation is 2. The molecule has 0 spiro atoms. The molecule has 3 rings (SSSR count). The molecular weight excluding hydrogens is 390 g/mol. The highest BCUT2D eigenvalue weighted by atomic mass is 16.5. The van der Waals surface area contributed by atoms with Gasteiger partial charge >= 0.3 is 0 Å². The Hall–Kier alpha value is -2.92. The molecule has 1 unspecified atom stereocenters. The first-order valence-electron chi connectivity index (χ1n) is 10.9. The maximum atomic E-state index is 13.2. The predicted octanol–water partition coefficient (Wildman–Crippen LogP) is 4.71. The molecule has 164 valence electrons. The molecule has 0 saturated carbocycles. The Labute approximate surface area is 184 Å². The van der Waals surface area contributed by atoms with E-state index in [1.165, 1.54) is 0 Å². The number of ketones is 1. The average molecular weight is 422 g/mol. The van der Waals surface area contributed by atoms with E-state index in [2.05, 4.69) is 0 Å². The molecule has 0 bridgehead atoms. The van der Waals surface area contributed by atoms with Crippen LogP contribution in [0.5, 0.6) is 0 Å². The van der Waals surface area contributed by atoms with Crippen molar-refractivity contribution in [3.05, 3.63) is 82.6 Å². The van der Waals surface area contributed by atoms with Gasteiger partial charge in [-0.3, -0.25) is 9.59 Å². The van der Waals surface area contributed by atoms with E-state index >= 15 is 0 Å². The zero-order valence-corrected chi connectivity index (χ0v) is 18.5. The molecule has 0 aromatic heterocycles. The van der Waals surface area contributed by atoms with Gasteiger partial charge in [0.25, 0.3) is 5.91 Å². The molecule has 0 fully saturated rings. The number of benzene rings is 2. The van der Waals surface area contributed by atoms with Gasteiger partial charge in [-0.15, -0.1) is 0 Å². The highest BCUT2D eigenvalue weighted by molar-refractivity contribution is 6.09. The van der Waals surface area contributed by atoms with Crippen LogP contribution in [0.4, 0.5) is 0 Å². The molecule has 1 N–H and O–H groups in total. The van der Waals surface area contributed by atoms with E-state index in [-0.39, 0.29) is 23.9 Å². The van der Waals surface area contributed by atoms with E-state index in [1.807, 2.05) is 75.4 Å². The van der Waals surface area contributed by atoms with Crippen LogP contribution in [0.2, 0.25) is 0 Å². The number of aliphatic hydroxyl groups excluding tert-OH is 1. The van der Waals surface area contributed by atoms with E-state index < -0.39 is 17.7 Å². The maximum absolute atomic E-state index is 13.2. The van der Waals surface area contributed by atoms with Gasteiger partial charge in [0.15, 0.2) is 11.5 Å². The molecule has 1 atom stereocenters. The second kappa shape index (κ2) is 10.4. The van der Waals surface area contributed by atoms with Gasteiger partial charge in [0.05, 0.1) is 17.7 Å². The molecule has 2 aromatic carbocycles. The molecule has 31 heavy (non-hydrogen) atoms. The zero-order valence-electron chi connectivity index (χ0n) is 18.5. The van der Waals surface area contributed by atoms with Crippen LogP contribution < -0.4 is 0 Å². The van der Waals surface area contributed by atoms with Crippen molar-refractivity contribution in [2.45, 2.75) is 52.2 Å². The second-order valence-electron chi connectivity index (χ2n) is 8.26. The summed E-state index contributed by atoms with van der Waals surface area (Å²) >= 11 is 0. The Morgan fingerprint density at radius 1 is 1.13 bits per heavy atom. The fourth-order valence-electron chi connectivity index (χ4n) is 3.95. The average Bonchev–Trinajstić information content (AvgIpc) is 3.00. The molecular formula is C26H31NO4. The van der Waals surface area contributed by atoms with Crippen molar-refractivity contribution in [2.24, 2.45) is 0 Å². The minimum atomic E-state index is -0.574. The fourth-order valence-corrected chi connectivity index (χ4v) is 3.95. The highest BCUT2D eigenvalue weighted by Gasteiger charge is 2.42. The van der Waals surface area contributed by atoms with Gasteiger partial charge in [0, 0.05) is 19.6 Å². The molecule has 2 aromatic rings. The number of hydrogen-bond acceptors (Lipinski definition) is 4. The number of carbonyl (C=O) groups excluding carboxylic acids is 2. The third-order valence-electron chi connectivity index (χ3n) is 5.44. The van der Waals surface area contributed by atoms with Crippen LogP contribution in [0.15, 0.2) is 65.9 Å². The summed E-state index contributed by atoms with van der Waals surface area (Å²) in [6.07, 6.45) is 1.55. The van der Waals surface area contributed by atoms with E-state index in [0.717, 1.165) is 16.7 Å². The van der Waals surface area contributed by atoms with Gasteiger partial charge in [-0.2, -0.15) is 0 Å². The van der Waals surface area contributed by atoms with Gasteiger partial charge < -0.3 is 14.7 Å². The van der Waals surface area contributed by atoms with Crippen molar-refractivity contribution in [1.29, 1.82) is 0 Å². The number of carbonyl (C=O) groups is 2. The number of aliphatic hydroxyl groups is 1. The third-order valence-corrected chi connectivity index (χ3v) is 5.44. The van der Waals surface area contributed by atoms with Crippen molar-refractivity contribution in [3.63, 3.8) is 0 Å². The molecule has 1 aliphatic rings. The Balaban J connectivity index is 1.83. The Bertz CT molecular complexity index is 949. The molecule has 1 aliphatic heterocycles. The summed E-state index contributed by atoms with van der Waals surface area (Å²) < 4.78 is 5.60. The van der Waals surface area contributed by atoms with Crippen LogP contribution in [-0.4, -0.2) is 41.0 Å². The number of hydrogen-bond donors (Lipinski definition) is 1. The Kier molecular flexibility index (Phi) is 7.64. The first kappa shape index (κ1) is 22.8. The van der Waals surface area contributed by atoms with E-state index in [0.29, 0.717) is 26.0 Å². The number of amides is 1. The molecule has 0 aliphatic carbocycles. The van der Waals surface area contributed by atoms with Crippen LogP contribution in [0, 0.1) is 6.92 Å². The number of nitrogens with zero attached hydrogens (tertiary/aromatic N) is 1. The van der Waals surface area contributed by atoms with Crippen LogP contribution in [0.25, 0.3) is 0 Å². The molecule has 5 nitrogen and oxygen atoms in total. The van der Waals surface area contributed by atoms with Gasteiger partial charge in [-0.25, -0.2) is 0 Å². The quantitative estimate of drug-likeness (QED) is 0.564. The van der Waals surface area contributed by atoms with Crippen molar-refractivity contribution < 1.29 is 19.4 Å². The Morgan fingerprint density at radius 3 is 2.55 bits per heavy atom. The lowest BCUT2D eigenvalue weighted by Crippen LogP contribution is -2.32. The van der Waals surface area contributed by atoms with E-state index in [9.17, 15) is 14.7 Å². The summed E-state index contributed by atoms with van der Waals surface area (Å²) in [5.41, 5.74) is 3.13. The molecule has 0 radical (unpaired) electrons. The predicted molar refractivity (Wildman–Crippen MR) is 121 cm³/mol. The minimum Gasteiger partial charge on any atom is -0.503 e. The van der Waals surface area contributed by atoms with Gasteiger partial charge in [0.1, 0.15) is 0 Å². The third kappa shape index (κ3) is 5.61. The van der Waals surface area contributed by atoms with Crippen molar-refractivity contribution in [3.8, 4) is 0 Å². The zero-order chi connectivity index (χ0) is 22.4. The fraction of sp³-hybridized carbons (Fsp3) is 0.385. The molecule has 1 heterocycles. The topological polar surface area (TPSA) is 66.8 Å². The molecule has 0 saturated heterocycles. The summed E-state index contributed by atoms with van der Waals surface area (Å²) in [5, 5.41) is 10.7. The maximum Gasteiger partial charge on any atom is 0.290 e. The van der Waals surface area contributed by atoms with Gasteiger partial charge in [-0.1, -0.05) is 60.2 Å². The summed E-state index contributed by atoms with van der Waals surface area (Å²) in [6.45, 7) is 6.83. The van der Waals surface area contributed by atoms with Crippen LogP contribution >= 0.6 is 0 Å². The summed E-state index contributed by atoms with van der Waals surface area (Å²) in [6, 6.07) is 16.9. The molecule has 5 heteroatoms. The summed E-state index contributed by atoms with van der Waals surface area (Å²) in [7, 11) is 0. The van der Waals surface area contributed by atoms with Crippen molar-refractivity contribution in [2.75, 3.05) is 13.2 Å². The second-order valence-corrected chi connectivity index (χ2v) is 8.26. The van der Waals surface area contributed by atoms with Crippen molar-refractivity contribution in [1.82, 2.24) is 4.90 Å². The summed E-state index contributed by atoms with van der Waals surface area (Å²) in [4.78, 5) is 27.7. The number of rotatable bonds is 10. The lowest BCUT2D eigenvalue weighted by molar-refractivity contribution is -0.129. The van der Waals surface area contributed by atoms with E-state index in [1.54, 1.807) is 4.90 Å². The van der Waals surface area contributed by atoms with Crippen LogP contribution in [0.1, 0.15) is 49.4 Å². The largest absolute Gasteiger partial charge is 0.503 e. The van der Waals surface area contributed by atoms with Crippen LogP contribution in [0.3, 0.4) is 0 Å². The van der Waals surface area contributed by atoms with Gasteiger partial charge in [0.2, 0.25) is 0 Å². The first-order valence-corrected chi connectivity index (χ1v) is 10.9. The standard InChI is InChI=1S/C26H31NO4/c1-18(2)31-16-8-15-27-24(21-12-7-9-19(3)17-21)23(25(29)26(27)30)22(28)14-13-20-10-5-4-6-11-20/h4-7,9-12,17-18,24,29H,8,13-16H2,1-3H3. The van der Waals surface area contributed by atoms with Crippen LogP contribution in [-0.2, 0) is 20.7 Å². The minimum absolute atomic E-state index is 0.114. The Morgan fingerprint density at radius 2 is 1.87 bits per heavy atom. The lowest BCUT2D eigenvalue weighted by atomic mass is 9.92. The first-order chi connectivity index (χ1) is 14.9. The highest BCUT2D eigenvalue weighted by Crippen LogP contribution is 2.38. The number of ether oxygens (including phenoxy) is 1.